The quantitative estimate of drug-likeness (QED) is 0.794. The molecular formula is C17H16N4O3. The van der Waals surface area contributed by atoms with E-state index in [1.807, 2.05) is 25.1 Å². The maximum atomic E-state index is 12.2. The van der Waals surface area contributed by atoms with E-state index in [1.54, 1.807) is 19.1 Å². The first-order valence-corrected chi connectivity index (χ1v) is 7.39. The van der Waals surface area contributed by atoms with Crippen LogP contribution < -0.4 is 10.9 Å². The van der Waals surface area contributed by atoms with Crippen LogP contribution in [0.3, 0.4) is 0 Å². The summed E-state index contributed by atoms with van der Waals surface area (Å²) in [5, 5.41) is 10.4. The van der Waals surface area contributed by atoms with E-state index in [2.05, 4.69) is 15.5 Å². The third-order valence-corrected chi connectivity index (χ3v) is 3.37. The maximum absolute atomic E-state index is 12.2. The van der Waals surface area contributed by atoms with Crippen LogP contribution in [-0.4, -0.2) is 20.7 Å². The summed E-state index contributed by atoms with van der Waals surface area (Å²) in [5.74, 6) is 0.446. The van der Waals surface area contributed by atoms with Crippen molar-refractivity contribution in [3.8, 4) is 11.5 Å². The number of carbonyl (C=O) groups is 1. The van der Waals surface area contributed by atoms with Crippen molar-refractivity contribution in [1.29, 1.82) is 0 Å². The molecule has 0 spiro atoms. The second-order valence-corrected chi connectivity index (χ2v) is 5.43. The zero-order valence-corrected chi connectivity index (χ0v) is 13.3. The number of hydrogen-bond acceptors (Lipinski definition) is 5. The average Bonchev–Trinajstić information content (AvgIpc) is 2.96. The molecule has 3 rings (SSSR count). The molecule has 0 saturated heterocycles. The topological polar surface area (TPSA) is 90.0 Å². The Morgan fingerprint density at radius 3 is 2.75 bits per heavy atom. The first-order chi connectivity index (χ1) is 11.5. The number of carbonyl (C=O) groups excluding carboxylic acids is 1. The van der Waals surface area contributed by atoms with Gasteiger partial charge < -0.3 is 14.3 Å². The van der Waals surface area contributed by atoms with Gasteiger partial charge in [-0.25, -0.2) is 0 Å². The van der Waals surface area contributed by atoms with E-state index in [9.17, 15) is 9.59 Å². The van der Waals surface area contributed by atoms with Gasteiger partial charge in [0.15, 0.2) is 0 Å². The molecule has 1 aromatic carbocycles. The number of aromatic nitrogens is 3. The Balaban J connectivity index is 1.79. The second kappa shape index (κ2) is 6.49. The molecular weight excluding hydrogens is 308 g/mol. The number of aryl methyl sites for hydroxylation is 2. The summed E-state index contributed by atoms with van der Waals surface area (Å²) in [4.78, 5) is 24.1. The van der Waals surface area contributed by atoms with Crippen LogP contribution in [0.25, 0.3) is 11.5 Å². The fraction of sp³-hybridized carbons (Fsp3) is 0.176. The van der Waals surface area contributed by atoms with Gasteiger partial charge in [-0.15, -0.1) is 10.2 Å². The Labute approximate surface area is 138 Å². The third kappa shape index (κ3) is 3.57. The molecule has 0 aliphatic carbocycles. The van der Waals surface area contributed by atoms with Crippen LogP contribution in [0.1, 0.15) is 11.5 Å². The van der Waals surface area contributed by atoms with Gasteiger partial charge in [-0.3, -0.25) is 9.59 Å². The van der Waals surface area contributed by atoms with Gasteiger partial charge in [0.05, 0.1) is 5.56 Å². The Morgan fingerprint density at radius 1 is 1.21 bits per heavy atom. The largest absolute Gasteiger partial charge is 0.421 e. The lowest BCUT2D eigenvalue weighted by Gasteiger charge is -2.08. The van der Waals surface area contributed by atoms with Crippen LogP contribution in [0.15, 0.2) is 51.8 Å². The summed E-state index contributed by atoms with van der Waals surface area (Å²) in [5.41, 5.74) is 2.03. The minimum absolute atomic E-state index is 0.103. The van der Waals surface area contributed by atoms with E-state index < -0.39 is 0 Å². The van der Waals surface area contributed by atoms with E-state index in [0.29, 0.717) is 23.0 Å². The number of nitrogens with one attached hydrogen (secondary N) is 1. The summed E-state index contributed by atoms with van der Waals surface area (Å²) in [6.45, 7) is 3.52. The molecule has 0 fully saturated rings. The fourth-order valence-corrected chi connectivity index (χ4v) is 2.27. The van der Waals surface area contributed by atoms with Gasteiger partial charge in [0, 0.05) is 24.9 Å². The predicted octanol–water partition coefficient (Wildman–Crippen LogP) is 2.15. The van der Waals surface area contributed by atoms with Crippen LogP contribution in [-0.2, 0) is 11.3 Å². The Bertz CT molecular complexity index is 943. The molecule has 0 aliphatic rings. The number of hydrogen-bond donors (Lipinski definition) is 1. The summed E-state index contributed by atoms with van der Waals surface area (Å²) in [6.07, 6.45) is 1.53. The molecule has 0 unspecified atom stereocenters. The molecule has 0 atom stereocenters. The lowest BCUT2D eigenvalue weighted by atomic mass is 10.2. The molecule has 0 radical (unpaired) electrons. The van der Waals surface area contributed by atoms with Gasteiger partial charge in [0.2, 0.25) is 17.7 Å². The number of rotatable bonds is 4. The molecule has 0 aliphatic heterocycles. The van der Waals surface area contributed by atoms with E-state index in [-0.39, 0.29) is 18.0 Å². The molecule has 7 heteroatoms. The van der Waals surface area contributed by atoms with Crippen molar-refractivity contribution in [2.75, 3.05) is 5.32 Å². The zero-order valence-electron chi connectivity index (χ0n) is 13.3. The zero-order chi connectivity index (χ0) is 17.1. The van der Waals surface area contributed by atoms with Crippen molar-refractivity contribution in [3.05, 3.63) is 64.4 Å². The van der Waals surface area contributed by atoms with Crippen LogP contribution in [0, 0.1) is 13.8 Å². The first-order valence-electron chi connectivity index (χ1n) is 7.39. The predicted molar refractivity (Wildman–Crippen MR) is 88.5 cm³/mol. The number of pyridine rings is 1. The van der Waals surface area contributed by atoms with Crippen molar-refractivity contribution in [2.24, 2.45) is 0 Å². The van der Waals surface area contributed by atoms with Crippen LogP contribution in [0.5, 0.6) is 0 Å². The lowest BCUT2D eigenvalue weighted by Crippen LogP contribution is -2.26. The van der Waals surface area contributed by atoms with E-state index >= 15 is 0 Å². The molecule has 1 N–H and O–H groups in total. The summed E-state index contributed by atoms with van der Waals surface area (Å²) in [7, 11) is 0. The van der Waals surface area contributed by atoms with Gasteiger partial charge in [-0.1, -0.05) is 12.1 Å². The Hall–Kier alpha value is -3.22. The van der Waals surface area contributed by atoms with Crippen molar-refractivity contribution in [2.45, 2.75) is 20.4 Å². The Kier molecular flexibility index (Phi) is 4.24. The van der Waals surface area contributed by atoms with Gasteiger partial charge >= 0.3 is 0 Å². The van der Waals surface area contributed by atoms with Crippen molar-refractivity contribution >= 4 is 11.6 Å². The molecule has 24 heavy (non-hydrogen) atoms. The molecule has 7 nitrogen and oxygen atoms in total. The first kappa shape index (κ1) is 15.7. The van der Waals surface area contributed by atoms with Gasteiger partial charge in [0.25, 0.3) is 5.56 Å². The van der Waals surface area contributed by atoms with E-state index in [4.69, 9.17) is 4.42 Å². The highest BCUT2D eigenvalue weighted by molar-refractivity contribution is 5.90. The maximum Gasteiger partial charge on any atom is 0.251 e. The molecule has 122 valence electrons. The highest BCUT2D eigenvalue weighted by atomic mass is 16.4. The summed E-state index contributed by atoms with van der Waals surface area (Å²) in [6, 6.07) is 10.4. The van der Waals surface area contributed by atoms with E-state index in [1.165, 1.54) is 16.8 Å². The number of anilines is 1. The van der Waals surface area contributed by atoms with Gasteiger partial charge in [-0.2, -0.15) is 0 Å². The smallest absolute Gasteiger partial charge is 0.251 e. The molecule has 0 bridgehead atoms. The standard InChI is InChI=1S/C17H16N4O3/c1-11-4-3-5-14(8-11)18-15(22)10-21-9-13(6-7-16(21)23)17-20-19-12(2)24-17/h3-9H,10H2,1-2H3,(H,18,22). The summed E-state index contributed by atoms with van der Waals surface area (Å²) >= 11 is 0. The normalized spacial score (nSPS) is 10.6. The van der Waals surface area contributed by atoms with Crippen LogP contribution in [0.4, 0.5) is 5.69 Å². The lowest BCUT2D eigenvalue weighted by molar-refractivity contribution is -0.116. The Morgan fingerprint density at radius 2 is 2.04 bits per heavy atom. The van der Waals surface area contributed by atoms with Gasteiger partial charge in [0.1, 0.15) is 6.54 Å². The third-order valence-electron chi connectivity index (χ3n) is 3.37. The highest BCUT2D eigenvalue weighted by Gasteiger charge is 2.10. The molecule has 2 heterocycles. The second-order valence-electron chi connectivity index (χ2n) is 5.43. The van der Waals surface area contributed by atoms with Crippen molar-refractivity contribution in [3.63, 3.8) is 0 Å². The minimum Gasteiger partial charge on any atom is -0.421 e. The van der Waals surface area contributed by atoms with Crippen LogP contribution >= 0.6 is 0 Å². The molecule has 3 aromatic rings. The van der Waals surface area contributed by atoms with E-state index in [0.717, 1.165) is 5.56 Å². The number of benzene rings is 1. The minimum atomic E-state index is -0.290. The fourth-order valence-electron chi connectivity index (χ4n) is 2.27. The number of amides is 1. The molecule has 2 aromatic heterocycles. The van der Waals surface area contributed by atoms with Gasteiger partial charge in [-0.05, 0) is 30.7 Å². The molecule has 0 saturated carbocycles. The van der Waals surface area contributed by atoms with Crippen molar-refractivity contribution in [1.82, 2.24) is 14.8 Å². The number of nitrogens with zero attached hydrogens (tertiary/aromatic N) is 3. The molecule has 1 amide bonds. The SMILES string of the molecule is Cc1cccc(NC(=O)Cn2cc(-c3nnc(C)o3)ccc2=O)c1. The average molecular weight is 324 g/mol. The monoisotopic (exact) mass is 324 g/mol. The van der Waals surface area contributed by atoms with Crippen LogP contribution in [0.2, 0.25) is 0 Å². The highest BCUT2D eigenvalue weighted by Crippen LogP contribution is 2.15. The summed E-state index contributed by atoms with van der Waals surface area (Å²) < 4.78 is 6.65. The van der Waals surface area contributed by atoms with Crippen molar-refractivity contribution < 1.29 is 9.21 Å².